The third-order valence-electron chi connectivity index (χ3n) is 6.11. The molecule has 0 saturated carbocycles. The lowest BCUT2D eigenvalue weighted by Gasteiger charge is -2.35. The van der Waals surface area contributed by atoms with E-state index in [1.54, 1.807) is 23.8 Å². The lowest BCUT2D eigenvalue weighted by atomic mass is 9.99. The van der Waals surface area contributed by atoms with E-state index in [9.17, 15) is 9.59 Å². The molecule has 1 unspecified atom stereocenters. The molecule has 2 heterocycles. The zero-order valence-electron chi connectivity index (χ0n) is 20.8. The standard InChI is InChI=1S/C27H35N5O2/c1-18(2)24(31(15-9-14-28)27(34)23-13-12-19(3)29-16-23)25-30-21(5)20(4)26(33)32(25)17-22-10-7-6-8-11-22/h6-8,10-13,16,18,24H,9,14-15,17,28H2,1-5H3. The average Bonchev–Trinajstić information content (AvgIpc) is 2.82. The number of benzene rings is 1. The maximum Gasteiger partial charge on any atom is 0.257 e. The smallest absolute Gasteiger partial charge is 0.257 e. The molecule has 1 amide bonds. The van der Waals surface area contributed by atoms with Crippen molar-refractivity contribution < 1.29 is 4.79 Å². The molecule has 180 valence electrons. The number of hydrogen-bond acceptors (Lipinski definition) is 5. The van der Waals surface area contributed by atoms with Crippen LogP contribution in [0.25, 0.3) is 0 Å². The maximum atomic E-state index is 13.7. The minimum Gasteiger partial charge on any atom is -0.330 e. The number of amides is 1. The summed E-state index contributed by atoms with van der Waals surface area (Å²) < 4.78 is 1.72. The van der Waals surface area contributed by atoms with Crippen LogP contribution in [0, 0.1) is 26.7 Å². The number of hydrogen-bond donors (Lipinski definition) is 1. The summed E-state index contributed by atoms with van der Waals surface area (Å²) in [6, 6.07) is 13.1. The van der Waals surface area contributed by atoms with Crippen LogP contribution < -0.4 is 11.3 Å². The number of carbonyl (C=O) groups excluding carboxylic acids is 1. The minimum atomic E-state index is -0.406. The van der Waals surface area contributed by atoms with Gasteiger partial charge < -0.3 is 10.6 Å². The molecule has 0 aliphatic heterocycles. The van der Waals surface area contributed by atoms with Gasteiger partial charge >= 0.3 is 0 Å². The average molecular weight is 462 g/mol. The Balaban J connectivity index is 2.17. The van der Waals surface area contributed by atoms with E-state index in [1.165, 1.54) is 0 Å². The molecule has 0 saturated heterocycles. The van der Waals surface area contributed by atoms with Crippen molar-refractivity contribution in [2.75, 3.05) is 13.1 Å². The summed E-state index contributed by atoms with van der Waals surface area (Å²) in [5.41, 5.74) is 9.40. The van der Waals surface area contributed by atoms with Crippen LogP contribution in [0.5, 0.6) is 0 Å². The van der Waals surface area contributed by atoms with Crippen LogP contribution in [-0.2, 0) is 6.54 Å². The van der Waals surface area contributed by atoms with Crippen molar-refractivity contribution in [3.63, 3.8) is 0 Å². The number of rotatable bonds is 9. The largest absolute Gasteiger partial charge is 0.330 e. The monoisotopic (exact) mass is 461 g/mol. The molecule has 2 N–H and O–H groups in total. The van der Waals surface area contributed by atoms with Gasteiger partial charge in [0.2, 0.25) is 0 Å². The van der Waals surface area contributed by atoms with Crippen LogP contribution in [0.1, 0.15) is 65.0 Å². The summed E-state index contributed by atoms with van der Waals surface area (Å²) in [5.74, 6) is 0.465. The highest BCUT2D eigenvalue weighted by Crippen LogP contribution is 2.29. The molecule has 2 aromatic heterocycles. The van der Waals surface area contributed by atoms with Gasteiger partial charge in [-0.05, 0) is 57.4 Å². The summed E-state index contributed by atoms with van der Waals surface area (Å²) in [4.78, 5) is 38.2. The van der Waals surface area contributed by atoms with Gasteiger partial charge in [0.05, 0.1) is 18.2 Å². The molecule has 34 heavy (non-hydrogen) atoms. The third-order valence-corrected chi connectivity index (χ3v) is 6.11. The maximum absolute atomic E-state index is 13.7. The fourth-order valence-corrected chi connectivity index (χ4v) is 4.11. The molecule has 3 aromatic rings. The van der Waals surface area contributed by atoms with Crippen molar-refractivity contribution in [3.8, 4) is 0 Å². The lowest BCUT2D eigenvalue weighted by molar-refractivity contribution is 0.0601. The first kappa shape index (κ1) is 25.3. The zero-order chi connectivity index (χ0) is 24.8. The van der Waals surface area contributed by atoms with Gasteiger partial charge in [-0.15, -0.1) is 0 Å². The molecule has 0 aliphatic rings. The van der Waals surface area contributed by atoms with Crippen LogP contribution in [0.4, 0.5) is 0 Å². The summed E-state index contributed by atoms with van der Waals surface area (Å²) in [7, 11) is 0. The first-order chi connectivity index (χ1) is 16.2. The Hall–Kier alpha value is -3.32. The second kappa shape index (κ2) is 11.2. The van der Waals surface area contributed by atoms with Gasteiger partial charge in [-0.25, -0.2) is 4.98 Å². The van der Waals surface area contributed by atoms with E-state index in [2.05, 4.69) is 18.8 Å². The van der Waals surface area contributed by atoms with Crippen molar-refractivity contribution in [1.29, 1.82) is 0 Å². The van der Waals surface area contributed by atoms with E-state index in [-0.39, 0.29) is 17.4 Å². The van der Waals surface area contributed by atoms with Crippen LogP contribution in [0.2, 0.25) is 0 Å². The van der Waals surface area contributed by atoms with Crippen LogP contribution >= 0.6 is 0 Å². The molecule has 1 aromatic carbocycles. The zero-order valence-corrected chi connectivity index (χ0v) is 20.8. The number of nitrogens with zero attached hydrogens (tertiary/aromatic N) is 4. The molecule has 7 nitrogen and oxygen atoms in total. The summed E-state index contributed by atoms with van der Waals surface area (Å²) in [6.07, 6.45) is 2.25. The predicted octanol–water partition coefficient (Wildman–Crippen LogP) is 3.80. The first-order valence-corrected chi connectivity index (χ1v) is 11.8. The summed E-state index contributed by atoms with van der Waals surface area (Å²) in [5, 5.41) is 0. The Morgan fingerprint density at radius 1 is 1.09 bits per heavy atom. The SMILES string of the molecule is Cc1ccc(C(=O)N(CCCN)C(c2nc(C)c(C)c(=O)n2Cc2ccccc2)C(C)C)cn1. The third kappa shape index (κ3) is 5.59. The minimum absolute atomic E-state index is 0.0103. The van der Waals surface area contributed by atoms with Crippen molar-refractivity contribution in [2.45, 2.75) is 53.6 Å². The van der Waals surface area contributed by atoms with E-state index in [0.717, 1.165) is 11.3 Å². The van der Waals surface area contributed by atoms with Crippen molar-refractivity contribution >= 4 is 5.91 Å². The van der Waals surface area contributed by atoms with E-state index in [4.69, 9.17) is 10.7 Å². The highest BCUT2D eigenvalue weighted by Gasteiger charge is 2.32. The Morgan fingerprint density at radius 3 is 2.38 bits per heavy atom. The summed E-state index contributed by atoms with van der Waals surface area (Å²) >= 11 is 0. The molecule has 3 rings (SSSR count). The molecule has 7 heteroatoms. The van der Waals surface area contributed by atoms with Crippen LogP contribution in [0.15, 0.2) is 53.5 Å². The fraction of sp³-hybridized carbons (Fsp3) is 0.407. The summed E-state index contributed by atoms with van der Waals surface area (Å²) in [6.45, 7) is 10.9. The second-order valence-electron chi connectivity index (χ2n) is 9.08. The Morgan fingerprint density at radius 2 is 1.79 bits per heavy atom. The van der Waals surface area contributed by atoms with Gasteiger partial charge in [0, 0.05) is 29.7 Å². The van der Waals surface area contributed by atoms with E-state index in [1.807, 2.05) is 55.1 Å². The Bertz CT molecular complexity index is 1170. The number of nitrogens with two attached hydrogens (primary N) is 1. The Kier molecular flexibility index (Phi) is 8.34. The molecular formula is C27H35N5O2. The first-order valence-electron chi connectivity index (χ1n) is 11.8. The molecule has 0 aliphatic carbocycles. The number of carbonyl (C=O) groups is 1. The topological polar surface area (TPSA) is 94.1 Å². The van der Waals surface area contributed by atoms with Crippen molar-refractivity contribution in [2.24, 2.45) is 11.7 Å². The van der Waals surface area contributed by atoms with Gasteiger partial charge in [0.25, 0.3) is 11.5 Å². The van der Waals surface area contributed by atoms with Crippen molar-refractivity contribution in [3.05, 3.63) is 92.9 Å². The molecule has 0 spiro atoms. The molecule has 0 fully saturated rings. The predicted molar refractivity (Wildman–Crippen MR) is 135 cm³/mol. The van der Waals surface area contributed by atoms with Crippen LogP contribution in [0.3, 0.4) is 0 Å². The lowest BCUT2D eigenvalue weighted by Crippen LogP contribution is -2.43. The highest BCUT2D eigenvalue weighted by molar-refractivity contribution is 5.94. The van der Waals surface area contributed by atoms with Crippen molar-refractivity contribution in [1.82, 2.24) is 19.4 Å². The van der Waals surface area contributed by atoms with Gasteiger partial charge in [-0.2, -0.15) is 0 Å². The van der Waals surface area contributed by atoms with E-state index in [0.29, 0.717) is 48.7 Å². The number of aryl methyl sites for hydroxylation is 2. The van der Waals surface area contributed by atoms with Crippen LogP contribution in [-0.4, -0.2) is 38.4 Å². The molecule has 0 bridgehead atoms. The molecule has 0 radical (unpaired) electrons. The molecule has 1 atom stereocenters. The van der Waals surface area contributed by atoms with E-state index < -0.39 is 6.04 Å². The fourth-order valence-electron chi connectivity index (χ4n) is 4.11. The van der Waals surface area contributed by atoms with Gasteiger partial charge in [-0.1, -0.05) is 44.2 Å². The number of pyridine rings is 1. The number of aromatic nitrogens is 3. The molecular weight excluding hydrogens is 426 g/mol. The highest BCUT2D eigenvalue weighted by atomic mass is 16.2. The van der Waals surface area contributed by atoms with Gasteiger partial charge in [0.1, 0.15) is 5.82 Å². The normalized spacial score (nSPS) is 12.1. The van der Waals surface area contributed by atoms with Gasteiger partial charge in [-0.3, -0.25) is 19.1 Å². The Labute approximate surface area is 201 Å². The van der Waals surface area contributed by atoms with E-state index >= 15 is 0 Å². The van der Waals surface area contributed by atoms with Gasteiger partial charge in [0.15, 0.2) is 0 Å². The second-order valence-corrected chi connectivity index (χ2v) is 9.08. The quantitative estimate of drug-likeness (QED) is 0.523.